The van der Waals surface area contributed by atoms with Gasteiger partial charge in [-0.1, -0.05) is 6.07 Å². The molecule has 0 aliphatic rings. The van der Waals surface area contributed by atoms with E-state index in [9.17, 15) is 10.1 Å². The molecule has 8 heteroatoms. The molecule has 1 N–H and O–H groups in total. The number of benzene rings is 2. The number of halogens is 3. The van der Waals surface area contributed by atoms with Crippen LogP contribution < -0.4 is 4.74 Å². The van der Waals surface area contributed by atoms with Gasteiger partial charge in [0, 0.05) is 12.1 Å². The second-order valence-electron chi connectivity index (χ2n) is 4.02. The van der Waals surface area contributed by atoms with Crippen LogP contribution in [0.4, 0.5) is 5.69 Å². The van der Waals surface area contributed by atoms with E-state index < -0.39 is 4.92 Å². The molecule has 0 bridgehead atoms. The quantitative estimate of drug-likeness (QED) is 0.483. The highest BCUT2D eigenvalue weighted by molar-refractivity contribution is 9.11. The maximum atomic E-state index is 10.8. The highest BCUT2D eigenvalue weighted by Gasteiger charge is 2.16. The van der Waals surface area contributed by atoms with Crippen molar-refractivity contribution >= 4 is 53.5 Å². The Morgan fingerprint density at radius 2 is 1.71 bits per heavy atom. The number of hydrogen-bond acceptors (Lipinski definition) is 4. The van der Waals surface area contributed by atoms with E-state index in [0.29, 0.717) is 24.9 Å². The van der Waals surface area contributed by atoms with Crippen LogP contribution >= 0.6 is 47.8 Å². The minimum atomic E-state index is -0.481. The number of nitro benzene ring substituents is 1. The zero-order chi connectivity index (χ0) is 15.6. The summed E-state index contributed by atoms with van der Waals surface area (Å²) in [6.45, 7) is -0.0657. The topological polar surface area (TPSA) is 72.6 Å². The van der Waals surface area contributed by atoms with E-state index >= 15 is 0 Å². The molecule has 0 amide bonds. The zero-order valence-electron chi connectivity index (χ0n) is 10.3. The van der Waals surface area contributed by atoms with Gasteiger partial charge in [-0.2, -0.15) is 0 Å². The van der Waals surface area contributed by atoms with Gasteiger partial charge in [0.15, 0.2) is 5.75 Å². The molecule has 21 heavy (non-hydrogen) atoms. The molecule has 5 nitrogen and oxygen atoms in total. The van der Waals surface area contributed by atoms with Gasteiger partial charge in [-0.05, 0) is 65.5 Å². The van der Waals surface area contributed by atoms with Gasteiger partial charge in [-0.15, -0.1) is 0 Å². The second kappa shape index (κ2) is 6.87. The van der Waals surface area contributed by atoms with Crippen molar-refractivity contribution in [1.82, 2.24) is 0 Å². The second-order valence-corrected chi connectivity index (χ2v) is 6.58. The molecule has 0 saturated heterocycles. The molecule has 0 spiro atoms. The van der Waals surface area contributed by atoms with Crippen LogP contribution in [-0.4, -0.2) is 10.0 Å². The fraction of sp³-hybridized carbons (Fsp3) is 0.0769. The molecule has 2 aromatic rings. The van der Waals surface area contributed by atoms with E-state index in [1.807, 2.05) is 0 Å². The van der Waals surface area contributed by atoms with Crippen LogP contribution in [0.3, 0.4) is 0 Å². The minimum absolute atomic E-state index is 0.0456. The van der Waals surface area contributed by atoms with Gasteiger partial charge in [0.2, 0.25) is 0 Å². The molecular formula is C13H8Br3NO4. The van der Waals surface area contributed by atoms with E-state index in [1.165, 1.54) is 12.1 Å². The Bertz CT molecular complexity index is 683. The Kier molecular flexibility index (Phi) is 5.37. The van der Waals surface area contributed by atoms with Gasteiger partial charge in [-0.3, -0.25) is 10.1 Å². The van der Waals surface area contributed by atoms with Crippen LogP contribution in [0.5, 0.6) is 11.5 Å². The van der Waals surface area contributed by atoms with Crippen molar-refractivity contribution in [3.05, 3.63) is 59.4 Å². The summed E-state index contributed by atoms with van der Waals surface area (Å²) in [4.78, 5) is 10.3. The van der Waals surface area contributed by atoms with Gasteiger partial charge in [0.1, 0.15) is 5.75 Å². The Balaban J connectivity index is 2.38. The van der Waals surface area contributed by atoms with Crippen molar-refractivity contribution in [3.8, 4) is 11.5 Å². The molecule has 0 saturated carbocycles. The average molecular weight is 482 g/mol. The highest BCUT2D eigenvalue weighted by Crippen LogP contribution is 2.41. The lowest BCUT2D eigenvalue weighted by Crippen LogP contribution is -1.93. The SMILES string of the molecule is O=[N+]([O-])c1cc(Br)c(Oc2ccc(CO)cc2Br)c(Br)c1. The first-order chi connectivity index (χ1) is 9.92. The molecule has 0 unspecified atom stereocenters. The van der Waals surface area contributed by atoms with Crippen LogP contribution in [0.1, 0.15) is 5.56 Å². The number of rotatable bonds is 4. The van der Waals surface area contributed by atoms with Crippen molar-refractivity contribution in [2.45, 2.75) is 6.61 Å². The molecule has 0 aliphatic heterocycles. The summed E-state index contributed by atoms with van der Waals surface area (Å²) >= 11 is 9.88. The molecule has 0 heterocycles. The highest BCUT2D eigenvalue weighted by atomic mass is 79.9. The molecular weight excluding hydrogens is 474 g/mol. The molecule has 0 aromatic heterocycles. The number of nitro groups is 1. The van der Waals surface area contributed by atoms with E-state index in [2.05, 4.69) is 47.8 Å². The smallest absolute Gasteiger partial charge is 0.271 e. The van der Waals surface area contributed by atoms with Gasteiger partial charge >= 0.3 is 0 Å². The molecule has 2 rings (SSSR count). The van der Waals surface area contributed by atoms with Crippen LogP contribution in [0.15, 0.2) is 43.7 Å². The van der Waals surface area contributed by atoms with Crippen molar-refractivity contribution in [1.29, 1.82) is 0 Å². The fourth-order valence-electron chi connectivity index (χ4n) is 1.58. The summed E-state index contributed by atoms with van der Waals surface area (Å²) in [5.74, 6) is 0.959. The third-order valence-corrected chi connectivity index (χ3v) is 4.38. The Hall–Kier alpha value is -0.960. The molecule has 0 fully saturated rings. The van der Waals surface area contributed by atoms with Gasteiger partial charge in [0.05, 0.1) is 24.9 Å². The molecule has 2 aromatic carbocycles. The number of non-ortho nitro benzene ring substituents is 1. The van der Waals surface area contributed by atoms with Gasteiger partial charge in [-0.25, -0.2) is 0 Å². The van der Waals surface area contributed by atoms with Crippen molar-refractivity contribution in [2.75, 3.05) is 0 Å². The van der Waals surface area contributed by atoms with Gasteiger partial charge < -0.3 is 9.84 Å². The predicted octanol–water partition coefficient (Wildman–Crippen LogP) is 5.17. The fourth-order valence-corrected chi connectivity index (χ4v) is 3.42. The maximum absolute atomic E-state index is 10.8. The standard InChI is InChI=1S/C13H8Br3NO4/c14-9-3-7(6-18)1-2-12(9)21-13-10(15)4-8(17(19)20)5-11(13)16/h1-5,18H,6H2. The average Bonchev–Trinajstić information content (AvgIpc) is 2.43. The third kappa shape index (κ3) is 3.82. The van der Waals surface area contributed by atoms with E-state index in [-0.39, 0.29) is 12.3 Å². The van der Waals surface area contributed by atoms with E-state index in [1.54, 1.807) is 18.2 Å². The molecule has 110 valence electrons. The first-order valence-corrected chi connectivity index (χ1v) is 8.01. The lowest BCUT2D eigenvalue weighted by atomic mass is 10.2. The number of hydrogen-bond donors (Lipinski definition) is 1. The van der Waals surface area contributed by atoms with Crippen molar-refractivity contribution in [2.24, 2.45) is 0 Å². The van der Waals surface area contributed by atoms with Crippen LogP contribution in [0, 0.1) is 10.1 Å². The summed E-state index contributed by atoms with van der Waals surface area (Å²) < 4.78 is 7.35. The first kappa shape index (κ1) is 16.4. The summed E-state index contributed by atoms with van der Waals surface area (Å²) in [5.41, 5.74) is 0.701. The third-order valence-electron chi connectivity index (χ3n) is 2.58. The van der Waals surface area contributed by atoms with Gasteiger partial charge in [0.25, 0.3) is 5.69 Å². The van der Waals surface area contributed by atoms with Crippen molar-refractivity contribution in [3.63, 3.8) is 0 Å². The largest absolute Gasteiger partial charge is 0.454 e. The maximum Gasteiger partial charge on any atom is 0.271 e. The predicted molar refractivity (Wildman–Crippen MR) is 88.6 cm³/mol. The normalized spacial score (nSPS) is 10.5. The summed E-state index contributed by atoms with van der Waals surface area (Å²) in [7, 11) is 0. The van der Waals surface area contributed by atoms with Crippen LogP contribution in [-0.2, 0) is 6.61 Å². The monoisotopic (exact) mass is 479 g/mol. The lowest BCUT2D eigenvalue weighted by molar-refractivity contribution is -0.385. The number of aliphatic hydroxyl groups excluding tert-OH is 1. The van der Waals surface area contributed by atoms with Crippen LogP contribution in [0.25, 0.3) is 0 Å². The number of aliphatic hydroxyl groups is 1. The minimum Gasteiger partial charge on any atom is -0.454 e. The summed E-state index contributed by atoms with van der Waals surface area (Å²) in [5, 5.41) is 19.9. The Morgan fingerprint density at radius 3 is 2.19 bits per heavy atom. The zero-order valence-corrected chi connectivity index (χ0v) is 15.1. The Labute approximate surface area is 145 Å². The van der Waals surface area contributed by atoms with E-state index in [0.717, 1.165) is 5.56 Å². The summed E-state index contributed by atoms with van der Waals surface area (Å²) in [6, 6.07) is 7.91. The number of ether oxygens (including phenoxy) is 1. The van der Waals surface area contributed by atoms with Crippen molar-refractivity contribution < 1.29 is 14.8 Å². The molecule has 0 atom stereocenters. The lowest BCUT2D eigenvalue weighted by Gasteiger charge is -2.12. The number of nitrogens with zero attached hydrogens (tertiary/aromatic N) is 1. The molecule has 0 aliphatic carbocycles. The first-order valence-electron chi connectivity index (χ1n) is 5.63. The Morgan fingerprint density at radius 1 is 1.10 bits per heavy atom. The van der Waals surface area contributed by atoms with Crippen LogP contribution in [0.2, 0.25) is 0 Å². The summed E-state index contributed by atoms with van der Waals surface area (Å²) in [6.07, 6.45) is 0. The molecule has 0 radical (unpaired) electrons. The van der Waals surface area contributed by atoms with E-state index in [4.69, 9.17) is 9.84 Å².